The van der Waals surface area contributed by atoms with E-state index in [9.17, 15) is 9.59 Å². The average molecular weight is 538 g/mol. The zero-order chi connectivity index (χ0) is 27.0. The molecule has 5 rings (SSSR count). The quantitative estimate of drug-likeness (QED) is 0.290. The van der Waals surface area contributed by atoms with Gasteiger partial charge in [-0.25, -0.2) is 0 Å². The van der Waals surface area contributed by atoms with Gasteiger partial charge < -0.3 is 28.4 Å². The number of aromatic nitrogens is 2. The third-order valence-electron chi connectivity index (χ3n) is 7.15. The summed E-state index contributed by atoms with van der Waals surface area (Å²) in [5.41, 5.74) is 1.22. The van der Waals surface area contributed by atoms with Crippen molar-refractivity contribution in [2.75, 3.05) is 40.9 Å². The minimum atomic E-state index is -0.185. The second-order valence-corrected chi connectivity index (χ2v) is 10.6. The summed E-state index contributed by atoms with van der Waals surface area (Å²) in [5, 5.41) is 3.16. The number of thioether (sulfide) groups is 1. The van der Waals surface area contributed by atoms with Crippen molar-refractivity contribution in [3.63, 3.8) is 0 Å². The SMILES string of the molecule is COc1cc2c(=O)n(CCN(C)C(=O)CC[C@@H](C)SC)c3c4cc5c(cc4ncc3c2cc1OC)OCO5. The maximum atomic E-state index is 14.0. The molecule has 10 heteroatoms. The lowest BCUT2D eigenvalue weighted by Crippen LogP contribution is -2.33. The van der Waals surface area contributed by atoms with Gasteiger partial charge in [0.2, 0.25) is 12.7 Å². The molecule has 0 radical (unpaired) electrons. The Hall–Kier alpha value is -3.66. The summed E-state index contributed by atoms with van der Waals surface area (Å²) in [5.74, 6) is 2.28. The molecule has 0 unspecified atom stereocenters. The number of carbonyl (C=O) groups is 1. The Morgan fingerprint density at radius 3 is 2.45 bits per heavy atom. The van der Waals surface area contributed by atoms with Gasteiger partial charge in [0, 0.05) is 60.2 Å². The Morgan fingerprint density at radius 2 is 1.76 bits per heavy atom. The van der Waals surface area contributed by atoms with Crippen molar-refractivity contribution in [2.24, 2.45) is 0 Å². The molecule has 200 valence electrons. The third-order valence-corrected chi connectivity index (χ3v) is 8.19. The van der Waals surface area contributed by atoms with Crippen LogP contribution in [0.25, 0.3) is 32.6 Å². The van der Waals surface area contributed by atoms with Crippen LogP contribution in [0, 0.1) is 0 Å². The predicted octanol–water partition coefficient (Wildman–Crippen LogP) is 4.44. The molecule has 0 saturated carbocycles. The van der Waals surface area contributed by atoms with Gasteiger partial charge >= 0.3 is 0 Å². The van der Waals surface area contributed by atoms with Gasteiger partial charge in [0.15, 0.2) is 23.0 Å². The van der Waals surface area contributed by atoms with Crippen LogP contribution in [0.2, 0.25) is 0 Å². The van der Waals surface area contributed by atoms with Gasteiger partial charge in [0.1, 0.15) is 0 Å². The number of ether oxygens (including phenoxy) is 4. The number of carbonyl (C=O) groups excluding carboxylic acids is 1. The highest BCUT2D eigenvalue weighted by atomic mass is 32.2. The molecule has 3 heterocycles. The topological polar surface area (TPSA) is 92.1 Å². The number of likely N-dealkylation sites (N-methyl/N-ethyl adjacent to an activating group) is 1. The molecule has 2 aromatic heterocycles. The minimum absolute atomic E-state index is 0.0605. The molecular formula is C28H31N3O6S. The van der Waals surface area contributed by atoms with Gasteiger partial charge in [-0.15, -0.1) is 0 Å². The number of hydrogen-bond acceptors (Lipinski definition) is 8. The van der Waals surface area contributed by atoms with E-state index in [0.717, 1.165) is 22.7 Å². The van der Waals surface area contributed by atoms with Gasteiger partial charge in [0.25, 0.3) is 5.56 Å². The number of pyridine rings is 2. The Labute approximate surface area is 224 Å². The van der Waals surface area contributed by atoms with E-state index in [0.29, 0.717) is 64.0 Å². The molecule has 0 fully saturated rings. The fourth-order valence-electron chi connectivity index (χ4n) is 4.81. The van der Waals surface area contributed by atoms with Gasteiger partial charge in [-0.05, 0) is 30.9 Å². The molecule has 0 aliphatic carbocycles. The number of nitrogens with zero attached hydrogens (tertiary/aromatic N) is 3. The first-order valence-corrected chi connectivity index (χ1v) is 13.7. The van der Waals surface area contributed by atoms with Gasteiger partial charge in [-0.1, -0.05) is 6.92 Å². The van der Waals surface area contributed by atoms with Crippen LogP contribution in [0.15, 0.2) is 35.3 Å². The molecule has 0 saturated heterocycles. The Kier molecular flexibility index (Phi) is 7.25. The first-order valence-electron chi connectivity index (χ1n) is 12.4. The van der Waals surface area contributed by atoms with Crippen LogP contribution < -0.4 is 24.5 Å². The molecule has 0 spiro atoms. The monoisotopic (exact) mass is 537 g/mol. The molecule has 0 N–H and O–H groups in total. The Morgan fingerprint density at radius 1 is 1.08 bits per heavy atom. The van der Waals surface area contributed by atoms with E-state index >= 15 is 0 Å². The highest BCUT2D eigenvalue weighted by molar-refractivity contribution is 7.99. The van der Waals surface area contributed by atoms with Crippen LogP contribution >= 0.6 is 11.8 Å². The van der Waals surface area contributed by atoms with Crippen molar-refractivity contribution in [3.05, 3.63) is 40.8 Å². The zero-order valence-electron chi connectivity index (χ0n) is 22.2. The van der Waals surface area contributed by atoms with Crippen molar-refractivity contribution in [1.29, 1.82) is 0 Å². The molecule has 2 aromatic carbocycles. The molecule has 9 nitrogen and oxygen atoms in total. The van der Waals surface area contributed by atoms with Crippen LogP contribution in [0.1, 0.15) is 19.8 Å². The maximum absolute atomic E-state index is 14.0. The highest BCUT2D eigenvalue weighted by Crippen LogP contribution is 2.40. The third kappa shape index (κ3) is 4.57. The summed E-state index contributed by atoms with van der Waals surface area (Å²) in [4.78, 5) is 33.2. The Balaban J connectivity index is 1.67. The summed E-state index contributed by atoms with van der Waals surface area (Å²) >= 11 is 1.75. The minimum Gasteiger partial charge on any atom is -0.493 e. The van der Waals surface area contributed by atoms with Crippen LogP contribution in [0.4, 0.5) is 0 Å². The smallest absolute Gasteiger partial charge is 0.259 e. The zero-order valence-corrected chi connectivity index (χ0v) is 23.0. The molecule has 0 bridgehead atoms. The number of methoxy groups -OCH3 is 2. The van der Waals surface area contributed by atoms with Crippen molar-refractivity contribution >= 4 is 50.2 Å². The molecule has 1 aliphatic rings. The lowest BCUT2D eigenvalue weighted by molar-refractivity contribution is -0.130. The highest BCUT2D eigenvalue weighted by Gasteiger charge is 2.21. The number of hydrogen-bond donors (Lipinski definition) is 0. The van der Waals surface area contributed by atoms with Crippen LogP contribution in [0.5, 0.6) is 23.0 Å². The fraction of sp³-hybridized carbons (Fsp3) is 0.393. The van der Waals surface area contributed by atoms with E-state index in [1.807, 2.05) is 24.5 Å². The van der Waals surface area contributed by atoms with Crippen LogP contribution in [-0.2, 0) is 11.3 Å². The summed E-state index contributed by atoms with van der Waals surface area (Å²) in [7, 11) is 4.89. The molecular weight excluding hydrogens is 506 g/mol. The number of rotatable bonds is 9. The van der Waals surface area contributed by atoms with E-state index in [1.54, 1.807) is 54.8 Å². The fourth-order valence-corrected chi connectivity index (χ4v) is 5.16. The summed E-state index contributed by atoms with van der Waals surface area (Å²) < 4.78 is 23.9. The van der Waals surface area contributed by atoms with E-state index < -0.39 is 0 Å². The van der Waals surface area contributed by atoms with E-state index in [2.05, 4.69) is 11.9 Å². The first kappa shape index (κ1) is 26.0. The standard InChI is InChI=1S/C28H31N3O6S/c1-16(38-5)6-7-26(32)30(2)8-9-31-27-19-12-24-25(37-15-36-24)13-21(19)29-14-20(27)17-10-22(34-3)23(35-4)11-18(17)28(31)33/h10-14,16H,6-9,15H2,1-5H3/t16-/m1/s1. The summed E-state index contributed by atoms with van der Waals surface area (Å²) in [6.45, 7) is 2.95. The maximum Gasteiger partial charge on any atom is 0.259 e. The molecule has 1 amide bonds. The number of amides is 1. The summed E-state index contributed by atoms with van der Waals surface area (Å²) in [6.07, 6.45) is 5.10. The second-order valence-electron chi connectivity index (χ2n) is 9.35. The predicted molar refractivity (Wildman–Crippen MR) is 150 cm³/mol. The van der Waals surface area contributed by atoms with Crippen molar-refractivity contribution in [2.45, 2.75) is 31.6 Å². The van der Waals surface area contributed by atoms with E-state index in [1.165, 1.54) is 0 Å². The van der Waals surface area contributed by atoms with Crippen molar-refractivity contribution in [3.8, 4) is 23.0 Å². The largest absolute Gasteiger partial charge is 0.493 e. The normalized spacial score (nSPS) is 13.3. The Bertz CT molecular complexity index is 1600. The number of benzene rings is 2. The van der Waals surface area contributed by atoms with E-state index in [4.69, 9.17) is 18.9 Å². The van der Waals surface area contributed by atoms with E-state index in [-0.39, 0.29) is 18.3 Å². The molecule has 1 aliphatic heterocycles. The molecule has 38 heavy (non-hydrogen) atoms. The first-order chi connectivity index (χ1) is 18.4. The van der Waals surface area contributed by atoms with Crippen LogP contribution in [-0.4, -0.2) is 66.5 Å². The van der Waals surface area contributed by atoms with Gasteiger partial charge in [-0.2, -0.15) is 11.8 Å². The molecule has 4 aromatic rings. The number of fused-ring (bicyclic) bond motifs is 6. The van der Waals surface area contributed by atoms with Crippen molar-refractivity contribution < 1.29 is 23.7 Å². The average Bonchev–Trinajstić information content (AvgIpc) is 3.40. The molecule has 1 atom stereocenters. The second kappa shape index (κ2) is 10.6. The summed E-state index contributed by atoms with van der Waals surface area (Å²) in [6, 6.07) is 7.21. The lowest BCUT2D eigenvalue weighted by Gasteiger charge is -2.21. The lowest BCUT2D eigenvalue weighted by atomic mass is 10.0. The van der Waals surface area contributed by atoms with Crippen LogP contribution in [0.3, 0.4) is 0 Å². The van der Waals surface area contributed by atoms with Crippen molar-refractivity contribution in [1.82, 2.24) is 14.5 Å². The van der Waals surface area contributed by atoms with Gasteiger partial charge in [-0.3, -0.25) is 14.6 Å². The van der Waals surface area contributed by atoms with Gasteiger partial charge in [0.05, 0.1) is 30.6 Å².